The summed E-state index contributed by atoms with van der Waals surface area (Å²) in [4.78, 5) is 11.9. The highest BCUT2D eigenvalue weighted by atomic mass is 16.5. The van der Waals surface area contributed by atoms with Gasteiger partial charge < -0.3 is 20.1 Å². The van der Waals surface area contributed by atoms with Crippen LogP contribution in [0.2, 0.25) is 0 Å². The molecule has 2 unspecified atom stereocenters. The lowest BCUT2D eigenvalue weighted by atomic mass is 10.1. The number of ether oxygens (including phenoxy) is 2. The van der Waals surface area contributed by atoms with E-state index >= 15 is 0 Å². The van der Waals surface area contributed by atoms with Gasteiger partial charge in [-0.05, 0) is 42.9 Å². The van der Waals surface area contributed by atoms with Gasteiger partial charge in [0.05, 0.1) is 14.2 Å². The second kappa shape index (κ2) is 7.92. The monoisotopic (exact) mass is 306 g/mol. The molecule has 122 valence electrons. The van der Waals surface area contributed by atoms with Crippen LogP contribution < -0.4 is 20.1 Å². The third kappa shape index (κ3) is 4.29. The highest BCUT2D eigenvalue weighted by Gasteiger charge is 2.24. The number of carbonyl (C=O) groups excluding carboxylic acids is 1. The van der Waals surface area contributed by atoms with E-state index in [4.69, 9.17) is 9.47 Å². The van der Waals surface area contributed by atoms with Gasteiger partial charge in [-0.1, -0.05) is 19.4 Å². The first-order chi connectivity index (χ1) is 10.6. The largest absolute Gasteiger partial charge is 0.493 e. The van der Waals surface area contributed by atoms with Crippen LogP contribution in [0.4, 0.5) is 4.79 Å². The number of hydrogen-bond acceptors (Lipinski definition) is 3. The number of hydrogen-bond donors (Lipinski definition) is 2. The number of benzene rings is 1. The third-order valence-electron chi connectivity index (χ3n) is 4.33. The zero-order valence-electron chi connectivity index (χ0n) is 13.6. The van der Waals surface area contributed by atoms with E-state index in [9.17, 15) is 4.79 Å². The zero-order chi connectivity index (χ0) is 15.9. The normalized spacial score (nSPS) is 20.5. The Morgan fingerprint density at radius 3 is 2.64 bits per heavy atom. The van der Waals surface area contributed by atoms with E-state index in [1.54, 1.807) is 14.2 Å². The Bertz CT molecular complexity index is 505. The third-order valence-corrected chi connectivity index (χ3v) is 4.33. The van der Waals surface area contributed by atoms with Gasteiger partial charge >= 0.3 is 6.03 Å². The summed E-state index contributed by atoms with van der Waals surface area (Å²) >= 11 is 0. The number of nitrogens with one attached hydrogen (secondary N) is 2. The van der Waals surface area contributed by atoms with E-state index in [-0.39, 0.29) is 6.03 Å². The van der Waals surface area contributed by atoms with E-state index in [1.165, 1.54) is 12.8 Å². The van der Waals surface area contributed by atoms with Crippen LogP contribution in [0.5, 0.6) is 11.5 Å². The predicted molar refractivity (Wildman–Crippen MR) is 86.6 cm³/mol. The van der Waals surface area contributed by atoms with Gasteiger partial charge in [0.1, 0.15) is 0 Å². The molecule has 22 heavy (non-hydrogen) atoms. The molecule has 5 heteroatoms. The van der Waals surface area contributed by atoms with Crippen LogP contribution in [0, 0.1) is 5.92 Å². The summed E-state index contributed by atoms with van der Waals surface area (Å²) in [6, 6.07) is 6.06. The summed E-state index contributed by atoms with van der Waals surface area (Å²) in [5, 5.41) is 5.98. The molecule has 2 N–H and O–H groups in total. The van der Waals surface area contributed by atoms with E-state index in [0.29, 0.717) is 30.0 Å². The minimum absolute atomic E-state index is 0.0702. The second-order valence-corrected chi connectivity index (χ2v) is 5.85. The summed E-state index contributed by atoms with van der Waals surface area (Å²) in [7, 11) is 3.24. The van der Waals surface area contributed by atoms with Gasteiger partial charge in [0.2, 0.25) is 0 Å². The van der Waals surface area contributed by atoms with Crippen molar-refractivity contribution in [2.75, 3.05) is 20.8 Å². The fourth-order valence-electron chi connectivity index (χ4n) is 2.94. The van der Waals surface area contributed by atoms with Gasteiger partial charge in [0, 0.05) is 12.6 Å². The smallest absolute Gasteiger partial charge is 0.315 e. The second-order valence-electron chi connectivity index (χ2n) is 5.85. The quantitative estimate of drug-likeness (QED) is 0.849. The zero-order valence-corrected chi connectivity index (χ0v) is 13.6. The maximum absolute atomic E-state index is 11.9. The molecule has 0 aliphatic heterocycles. The maximum atomic E-state index is 11.9. The molecule has 0 saturated heterocycles. The van der Waals surface area contributed by atoms with Gasteiger partial charge in [-0.3, -0.25) is 0 Å². The van der Waals surface area contributed by atoms with Crippen molar-refractivity contribution in [2.24, 2.45) is 5.92 Å². The minimum Gasteiger partial charge on any atom is -0.493 e. The van der Waals surface area contributed by atoms with Crippen LogP contribution in [0.25, 0.3) is 0 Å². The van der Waals surface area contributed by atoms with E-state index < -0.39 is 0 Å². The molecular weight excluding hydrogens is 280 g/mol. The van der Waals surface area contributed by atoms with Crippen molar-refractivity contribution in [3.63, 3.8) is 0 Å². The average molecular weight is 306 g/mol. The van der Waals surface area contributed by atoms with Crippen molar-refractivity contribution in [1.29, 1.82) is 0 Å². The Kier molecular flexibility index (Phi) is 5.92. The number of amides is 2. The molecule has 0 radical (unpaired) electrons. The Hall–Kier alpha value is -1.91. The van der Waals surface area contributed by atoms with Crippen molar-refractivity contribution < 1.29 is 14.3 Å². The van der Waals surface area contributed by atoms with Crippen LogP contribution in [0.1, 0.15) is 31.7 Å². The number of methoxy groups -OCH3 is 2. The molecule has 2 amide bonds. The first-order valence-corrected chi connectivity index (χ1v) is 7.89. The Labute approximate surface area is 132 Å². The van der Waals surface area contributed by atoms with Crippen molar-refractivity contribution in [3.8, 4) is 11.5 Å². The molecule has 2 rings (SSSR count). The summed E-state index contributed by atoms with van der Waals surface area (Å²) < 4.78 is 10.5. The highest BCUT2D eigenvalue weighted by Crippen LogP contribution is 2.27. The lowest BCUT2D eigenvalue weighted by Crippen LogP contribution is -2.43. The van der Waals surface area contributed by atoms with Crippen LogP contribution >= 0.6 is 0 Å². The molecule has 1 aromatic carbocycles. The fourth-order valence-corrected chi connectivity index (χ4v) is 2.94. The van der Waals surface area contributed by atoms with Gasteiger partial charge in [-0.15, -0.1) is 0 Å². The van der Waals surface area contributed by atoms with Crippen LogP contribution in [-0.4, -0.2) is 32.8 Å². The molecule has 2 atom stereocenters. The Balaban J connectivity index is 1.77. The van der Waals surface area contributed by atoms with Crippen LogP contribution in [-0.2, 0) is 6.42 Å². The minimum atomic E-state index is -0.0702. The molecule has 0 aromatic heterocycles. The Morgan fingerprint density at radius 2 is 2.00 bits per heavy atom. The predicted octanol–water partition coefficient (Wildman–Crippen LogP) is 2.73. The highest BCUT2D eigenvalue weighted by molar-refractivity contribution is 5.74. The van der Waals surface area contributed by atoms with Crippen molar-refractivity contribution in [2.45, 2.75) is 38.6 Å². The molecule has 1 aliphatic rings. The average Bonchev–Trinajstić information content (AvgIpc) is 2.92. The van der Waals surface area contributed by atoms with Gasteiger partial charge in [-0.25, -0.2) is 4.79 Å². The molecular formula is C17H26N2O3. The summed E-state index contributed by atoms with van der Waals surface area (Å²) in [6.07, 6.45) is 4.26. The first kappa shape index (κ1) is 16.5. The van der Waals surface area contributed by atoms with Gasteiger partial charge in [-0.2, -0.15) is 0 Å². The maximum Gasteiger partial charge on any atom is 0.315 e. The van der Waals surface area contributed by atoms with E-state index in [2.05, 4.69) is 17.6 Å². The number of urea groups is 1. The lowest BCUT2D eigenvalue weighted by Gasteiger charge is -2.17. The SMILES string of the molecule is COc1ccc(CCNC(=O)NC2CCCC2C)cc1OC. The lowest BCUT2D eigenvalue weighted by molar-refractivity contribution is 0.234. The van der Waals surface area contributed by atoms with Crippen LogP contribution in [0.15, 0.2) is 18.2 Å². The standard InChI is InChI=1S/C17H26N2O3/c1-12-5-4-6-14(12)19-17(20)18-10-9-13-7-8-15(21-2)16(11-13)22-3/h7-8,11-12,14H,4-6,9-10H2,1-3H3,(H2,18,19,20). The molecule has 0 bridgehead atoms. The number of carbonyl (C=O) groups is 1. The number of rotatable bonds is 6. The molecule has 5 nitrogen and oxygen atoms in total. The molecule has 1 saturated carbocycles. The van der Waals surface area contributed by atoms with Gasteiger partial charge in [0.25, 0.3) is 0 Å². The molecule has 0 spiro atoms. The molecule has 0 heterocycles. The summed E-state index contributed by atoms with van der Waals surface area (Å²) in [6.45, 7) is 2.80. The fraction of sp³-hybridized carbons (Fsp3) is 0.588. The Morgan fingerprint density at radius 1 is 1.23 bits per heavy atom. The van der Waals surface area contributed by atoms with E-state index in [1.807, 2.05) is 18.2 Å². The summed E-state index contributed by atoms with van der Waals surface area (Å²) in [5.41, 5.74) is 1.10. The molecule has 1 aromatic rings. The van der Waals surface area contributed by atoms with Crippen LogP contribution in [0.3, 0.4) is 0 Å². The van der Waals surface area contributed by atoms with Gasteiger partial charge in [0.15, 0.2) is 11.5 Å². The van der Waals surface area contributed by atoms with Crippen molar-refractivity contribution >= 4 is 6.03 Å². The summed E-state index contributed by atoms with van der Waals surface area (Å²) in [5.74, 6) is 2.01. The molecule has 1 fully saturated rings. The van der Waals surface area contributed by atoms with E-state index in [0.717, 1.165) is 18.4 Å². The topological polar surface area (TPSA) is 59.6 Å². The molecule has 1 aliphatic carbocycles. The first-order valence-electron chi connectivity index (χ1n) is 7.89. The van der Waals surface area contributed by atoms with Crippen molar-refractivity contribution in [3.05, 3.63) is 23.8 Å². The van der Waals surface area contributed by atoms with Crippen molar-refractivity contribution in [1.82, 2.24) is 10.6 Å².